The van der Waals surface area contributed by atoms with Gasteiger partial charge in [0.05, 0.1) is 0 Å². The third-order valence-corrected chi connectivity index (χ3v) is 8.86. The van der Waals surface area contributed by atoms with Gasteiger partial charge in [0.25, 0.3) is 0 Å². The third kappa shape index (κ3) is 9.69. The van der Waals surface area contributed by atoms with E-state index >= 15 is 0 Å². The van der Waals surface area contributed by atoms with Gasteiger partial charge in [-0.15, -0.1) is 0 Å². The Morgan fingerprint density at radius 2 is 0.516 bits per heavy atom. The van der Waals surface area contributed by atoms with E-state index < -0.39 is 0 Å². The van der Waals surface area contributed by atoms with Crippen molar-refractivity contribution in [1.29, 1.82) is 0 Å². The minimum atomic E-state index is -0.171. The minimum Gasteiger partial charge on any atom is -1.00 e. The smallest absolute Gasteiger partial charge is 1.00 e. The van der Waals surface area contributed by atoms with Crippen molar-refractivity contribution < 1.29 is 50.5 Å². The van der Waals surface area contributed by atoms with Gasteiger partial charge < -0.3 is 34.0 Å². The van der Waals surface area contributed by atoms with Crippen molar-refractivity contribution in [2.24, 2.45) is 0 Å². The maximum absolute atomic E-state index is 2.31. The fraction of sp³-hybridized carbons (Fsp3) is 0.0769. The van der Waals surface area contributed by atoms with Crippen LogP contribution < -0.4 is 55.2 Å². The molecule has 0 spiro atoms. The molecule has 5 heteroatoms. The summed E-state index contributed by atoms with van der Waals surface area (Å²) in [6.45, 7) is 4.61. The van der Waals surface area contributed by atoms with Crippen molar-refractivity contribution in [3.63, 3.8) is 0 Å². The summed E-state index contributed by atoms with van der Waals surface area (Å²) in [6, 6.07) is 42.8. The van der Waals surface area contributed by atoms with Gasteiger partial charge in [0.2, 0.25) is 0 Å². The summed E-state index contributed by atoms with van der Waals surface area (Å²) in [6.07, 6.45) is 0. The first-order valence-electron chi connectivity index (χ1n) is 9.43. The Kier molecular flexibility index (Phi) is 16.3. The number of hydrogen-bond acceptors (Lipinski definition) is 0. The first kappa shape index (κ1) is 30.2. The first-order chi connectivity index (χ1) is 13.8. The maximum Gasteiger partial charge on any atom is 2.00 e. The van der Waals surface area contributed by atoms with E-state index in [9.17, 15) is 0 Å². The van der Waals surface area contributed by atoms with E-state index in [1.807, 2.05) is 0 Å². The van der Waals surface area contributed by atoms with Crippen LogP contribution in [-0.2, 0) is 16.5 Å². The summed E-state index contributed by atoms with van der Waals surface area (Å²) in [7, 11) is -0.342. The van der Waals surface area contributed by atoms with Crippen LogP contribution in [0.1, 0.15) is 0 Å². The Morgan fingerprint density at radius 1 is 0.355 bits per heavy atom. The summed E-state index contributed by atoms with van der Waals surface area (Å²) in [4.78, 5) is 0. The van der Waals surface area contributed by atoms with Crippen molar-refractivity contribution >= 4 is 37.1 Å². The number of halogens is 2. The van der Waals surface area contributed by atoms with Crippen LogP contribution in [0.15, 0.2) is 121 Å². The molecule has 0 aliphatic heterocycles. The van der Waals surface area contributed by atoms with E-state index in [-0.39, 0.29) is 66.3 Å². The zero-order valence-electron chi connectivity index (χ0n) is 17.5. The van der Waals surface area contributed by atoms with Crippen LogP contribution in [-0.4, -0.2) is 13.3 Å². The molecule has 0 aliphatic rings. The van der Waals surface area contributed by atoms with Crippen LogP contribution in [0.4, 0.5) is 0 Å². The predicted octanol–water partition coefficient (Wildman–Crippen LogP) is -0.496. The van der Waals surface area contributed by atoms with Gasteiger partial charge >= 0.3 is 16.5 Å². The first-order valence-corrected chi connectivity index (χ1v) is 13.0. The average molecular weight is 619 g/mol. The molecule has 0 radical (unpaired) electrons. The van der Waals surface area contributed by atoms with Crippen LogP contribution in [0.3, 0.4) is 0 Å². The van der Waals surface area contributed by atoms with Gasteiger partial charge in [-0.3, -0.25) is 0 Å². The van der Waals surface area contributed by atoms with Crippen molar-refractivity contribution in [1.82, 2.24) is 0 Å². The molecule has 0 bridgehead atoms. The Morgan fingerprint density at radius 3 is 0.677 bits per heavy atom. The standard InChI is InChI=1S/2C13H13P.2BrH.Ni/c2*1-14(12-8-4-2-5-9-12)13-10-6-3-7-11-13;;;/h2*2-11H,1H3;2*1H;/q;;;;+2/p-2. The van der Waals surface area contributed by atoms with E-state index in [0.29, 0.717) is 0 Å². The van der Waals surface area contributed by atoms with E-state index in [1.165, 1.54) is 21.2 Å². The molecular weight excluding hydrogens is 593 g/mol. The summed E-state index contributed by atoms with van der Waals surface area (Å²) < 4.78 is 0. The third-order valence-electron chi connectivity index (χ3n) is 4.57. The molecule has 0 heterocycles. The van der Waals surface area contributed by atoms with Crippen LogP contribution in [0, 0.1) is 0 Å². The van der Waals surface area contributed by atoms with Gasteiger partial charge in [0, 0.05) is 0 Å². The molecule has 4 rings (SSSR count). The second kappa shape index (κ2) is 16.8. The van der Waals surface area contributed by atoms with Gasteiger partial charge in [0.1, 0.15) is 0 Å². The van der Waals surface area contributed by atoms with Crippen molar-refractivity contribution in [2.45, 2.75) is 0 Å². The molecular formula is C26H26Br2NiP2. The van der Waals surface area contributed by atoms with E-state index in [1.54, 1.807) is 0 Å². The van der Waals surface area contributed by atoms with E-state index in [2.05, 4.69) is 135 Å². The Labute approximate surface area is 220 Å². The molecule has 0 unspecified atom stereocenters. The molecule has 0 saturated heterocycles. The molecule has 4 aromatic rings. The molecule has 164 valence electrons. The Bertz CT molecular complexity index is 780. The zero-order chi connectivity index (χ0) is 19.6. The molecule has 0 aromatic heterocycles. The molecule has 31 heavy (non-hydrogen) atoms. The fourth-order valence-electron chi connectivity index (χ4n) is 2.90. The van der Waals surface area contributed by atoms with Gasteiger partial charge in [-0.1, -0.05) is 121 Å². The second-order valence-electron chi connectivity index (χ2n) is 6.46. The predicted molar refractivity (Wildman–Crippen MR) is 130 cm³/mol. The van der Waals surface area contributed by atoms with Crippen molar-refractivity contribution in [2.75, 3.05) is 13.3 Å². The number of hydrogen-bond donors (Lipinski definition) is 0. The van der Waals surface area contributed by atoms with Crippen LogP contribution in [0.5, 0.6) is 0 Å². The minimum absolute atomic E-state index is 0. The number of rotatable bonds is 4. The van der Waals surface area contributed by atoms with Crippen LogP contribution in [0.25, 0.3) is 0 Å². The Balaban J connectivity index is 0.000000529. The fourth-order valence-corrected chi connectivity index (χ4v) is 5.98. The summed E-state index contributed by atoms with van der Waals surface area (Å²) in [5.74, 6) is 0. The van der Waals surface area contributed by atoms with Gasteiger partial charge in [-0.05, 0) is 50.4 Å². The van der Waals surface area contributed by atoms with Crippen molar-refractivity contribution in [3.8, 4) is 0 Å². The quantitative estimate of drug-likeness (QED) is 0.214. The van der Waals surface area contributed by atoms with E-state index in [4.69, 9.17) is 0 Å². The molecule has 0 amide bonds. The molecule has 0 N–H and O–H groups in total. The Hall–Kier alpha value is -0.806. The zero-order valence-corrected chi connectivity index (χ0v) is 23.5. The molecule has 0 fully saturated rings. The topological polar surface area (TPSA) is 0 Å². The van der Waals surface area contributed by atoms with Crippen molar-refractivity contribution in [3.05, 3.63) is 121 Å². The average Bonchev–Trinajstić information content (AvgIpc) is 2.81. The largest absolute Gasteiger partial charge is 2.00 e. The summed E-state index contributed by atoms with van der Waals surface area (Å²) >= 11 is 0. The van der Waals surface area contributed by atoms with E-state index in [0.717, 1.165) is 0 Å². The molecule has 0 saturated carbocycles. The molecule has 0 atom stereocenters. The van der Waals surface area contributed by atoms with Gasteiger partial charge in [-0.25, -0.2) is 0 Å². The molecule has 4 aromatic carbocycles. The summed E-state index contributed by atoms with van der Waals surface area (Å²) in [5, 5.41) is 5.75. The molecule has 0 nitrogen and oxygen atoms in total. The normalized spacial score (nSPS) is 9.42. The van der Waals surface area contributed by atoms with Gasteiger partial charge in [-0.2, -0.15) is 0 Å². The summed E-state index contributed by atoms with van der Waals surface area (Å²) in [5.41, 5.74) is 0. The van der Waals surface area contributed by atoms with Crippen LogP contribution in [0.2, 0.25) is 0 Å². The number of benzene rings is 4. The monoisotopic (exact) mass is 616 g/mol. The SMILES string of the molecule is CP(c1ccccc1)c1ccccc1.CP(c1ccccc1)c1ccccc1.[Br-].[Br-].[Ni+2]. The maximum atomic E-state index is 2.31. The van der Waals surface area contributed by atoms with Gasteiger partial charge in [0.15, 0.2) is 0 Å². The van der Waals surface area contributed by atoms with Crippen LogP contribution >= 0.6 is 15.8 Å². The second-order valence-corrected chi connectivity index (χ2v) is 10.8. The molecule has 0 aliphatic carbocycles.